The van der Waals surface area contributed by atoms with Crippen molar-refractivity contribution in [2.75, 3.05) is 28.3 Å². The number of rotatable bonds is 9. The van der Waals surface area contributed by atoms with Gasteiger partial charge in [0, 0.05) is 23.3 Å². The van der Waals surface area contributed by atoms with Crippen LogP contribution in [0.1, 0.15) is 6.92 Å². The number of amides is 3. The highest BCUT2D eigenvalue weighted by Gasteiger charge is 2.12. The first kappa shape index (κ1) is 24.8. The molecule has 0 unspecified atom stereocenters. The van der Waals surface area contributed by atoms with Crippen molar-refractivity contribution in [2.45, 2.75) is 11.3 Å². The number of hydrogen-bond donors (Lipinski definition) is 3. The molecule has 0 radical (unpaired) electrons. The highest BCUT2D eigenvalue weighted by atomic mass is 35.5. The maximum Gasteiger partial charge on any atom is 0.264 e. The minimum Gasteiger partial charge on any atom is -0.482 e. The summed E-state index contributed by atoms with van der Waals surface area (Å²) in [6.07, 6.45) is 0. The molecule has 0 aliphatic heterocycles. The summed E-state index contributed by atoms with van der Waals surface area (Å²) >= 11 is 14.1. The second-order valence-electron chi connectivity index (χ2n) is 6.38. The molecule has 3 N–H and O–H groups in total. The monoisotopic (exact) mass is 525 g/mol. The zero-order valence-corrected chi connectivity index (χ0v) is 20.2. The first-order chi connectivity index (χ1) is 15.8. The molecule has 13 heteroatoms. The summed E-state index contributed by atoms with van der Waals surface area (Å²) in [5.74, 6) is -0.475. The minimum atomic E-state index is -0.439. The number of nitrogens with zero attached hydrogens (tertiary/aromatic N) is 2. The highest BCUT2D eigenvalue weighted by molar-refractivity contribution is 8.01. The molecule has 0 aliphatic carbocycles. The van der Waals surface area contributed by atoms with Crippen molar-refractivity contribution in [1.29, 1.82) is 0 Å². The Morgan fingerprint density at radius 3 is 2.48 bits per heavy atom. The van der Waals surface area contributed by atoms with Crippen LogP contribution in [0.4, 0.5) is 16.5 Å². The predicted octanol–water partition coefficient (Wildman–Crippen LogP) is 4.55. The van der Waals surface area contributed by atoms with E-state index >= 15 is 0 Å². The molecule has 0 atom stereocenters. The summed E-state index contributed by atoms with van der Waals surface area (Å²) < 4.78 is 5.88. The Morgan fingerprint density at radius 2 is 1.76 bits per heavy atom. The van der Waals surface area contributed by atoms with Gasteiger partial charge in [0.05, 0.1) is 10.8 Å². The van der Waals surface area contributed by atoms with Crippen LogP contribution in [-0.4, -0.2) is 40.3 Å². The van der Waals surface area contributed by atoms with Crippen LogP contribution in [0.2, 0.25) is 10.0 Å². The average Bonchev–Trinajstić information content (AvgIpc) is 3.18. The maximum absolute atomic E-state index is 12.2. The summed E-state index contributed by atoms with van der Waals surface area (Å²) in [6.45, 7) is 1.13. The molecule has 3 rings (SSSR count). The highest BCUT2D eigenvalue weighted by Crippen LogP contribution is 2.28. The van der Waals surface area contributed by atoms with Crippen molar-refractivity contribution < 1.29 is 19.1 Å². The second kappa shape index (κ2) is 11.8. The number of carbonyl (C=O) groups is 3. The quantitative estimate of drug-likeness (QED) is 0.276. The van der Waals surface area contributed by atoms with Gasteiger partial charge in [0.15, 0.2) is 10.9 Å². The predicted molar refractivity (Wildman–Crippen MR) is 131 cm³/mol. The van der Waals surface area contributed by atoms with Gasteiger partial charge in [-0.2, -0.15) is 0 Å². The molecule has 0 bridgehead atoms. The summed E-state index contributed by atoms with van der Waals surface area (Å²) in [4.78, 5) is 35.4. The number of aromatic nitrogens is 2. The van der Waals surface area contributed by atoms with Gasteiger partial charge < -0.3 is 15.4 Å². The summed E-state index contributed by atoms with van der Waals surface area (Å²) in [5.41, 5.74) is 1.14. The molecule has 33 heavy (non-hydrogen) atoms. The third-order valence-electron chi connectivity index (χ3n) is 3.70. The number of hydrogen-bond acceptors (Lipinski definition) is 8. The summed E-state index contributed by atoms with van der Waals surface area (Å²) in [6, 6.07) is 11.5. The van der Waals surface area contributed by atoms with Gasteiger partial charge in [0.2, 0.25) is 16.9 Å². The van der Waals surface area contributed by atoms with Crippen LogP contribution in [0, 0.1) is 0 Å². The number of thioether (sulfide) groups is 1. The lowest BCUT2D eigenvalue weighted by Crippen LogP contribution is -2.20. The summed E-state index contributed by atoms with van der Waals surface area (Å²) in [7, 11) is 0. The largest absolute Gasteiger partial charge is 0.482 e. The van der Waals surface area contributed by atoms with E-state index in [1.54, 1.807) is 36.4 Å². The molecule has 0 saturated heterocycles. The van der Waals surface area contributed by atoms with Crippen molar-refractivity contribution in [1.82, 2.24) is 10.2 Å². The Hall–Kier alpha value is -2.86. The average molecular weight is 526 g/mol. The van der Waals surface area contributed by atoms with E-state index in [0.29, 0.717) is 31.5 Å². The Labute approximate surface area is 207 Å². The fourth-order valence-corrected chi connectivity index (χ4v) is 4.44. The van der Waals surface area contributed by atoms with E-state index < -0.39 is 5.91 Å². The van der Waals surface area contributed by atoms with E-state index in [1.165, 1.54) is 24.8 Å². The summed E-state index contributed by atoms with van der Waals surface area (Å²) in [5, 5.41) is 16.8. The Balaban J connectivity index is 1.44. The first-order valence-corrected chi connectivity index (χ1v) is 11.9. The van der Waals surface area contributed by atoms with Crippen molar-refractivity contribution in [3.63, 3.8) is 0 Å². The number of carbonyl (C=O) groups excluding carboxylic acids is 3. The molecular formula is C20H17Cl2N5O4S2. The molecule has 0 spiro atoms. The smallest absolute Gasteiger partial charge is 0.264 e. The molecule has 172 valence electrons. The van der Waals surface area contributed by atoms with Crippen molar-refractivity contribution >= 4 is 80.5 Å². The van der Waals surface area contributed by atoms with E-state index in [9.17, 15) is 14.4 Å². The lowest BCUT2D eigenvalue weighted by atomic mass is 10.2. The standard InChI is InChI=1S/C20H17Cl2N5O4S2/c1-11(28)23-13-3-2-4-14(8-13)24-18(30)10-32-20-27-26-19(33-20)25-17(29)9-31-16-6-5-12(21)7-15(16)22/h2-8H,9-10H2,1H3,(H,23,28)(H,24,30)(H,25,26,29). The Kier molecular flexibility index (Phi) is 8.89. The van der Waals surface area contributed by atoms with E-state index in [1.807, 2.05) is 0 Å². The minimum absolute atomic E-state index is 0.0884. The maximum atomic E-state index is 12.2. The molecule has 3 aromatic rings. The molecule has 1 heterocycles. The Bertz CT molecular complexity index is 1170. The fourth-order valence-electron chi connectivity index (χ4n) is 2.41. The van der Waals surface area contributed by atoms with Gasteiger partial charge in [-0.1, -0.05) is 52.4 Å². The normalized spacial score (nSPS) is 10.4. The third kappa shape index (κ3) is 8.21. The molecule has 0 aliphatic rings. The number of ether oxygens (including phenoxy) is 1. The van der Waals surface area contributed by atoms with Crippen LogP contribution in [0.15, 0.2) is 46.8 Å². The van der Waals surface area contributed by atoms with Gasteiger partial charge in [-0.05, 0) is 36.4 Å². The molecule has 2 aromatic carbocycles. The topological polar surface area (TPSA) is 122 Å². The zero-order chi connectivity index (χ0) is 23.8. The van der Waals surface area contributed by atoms with Crippen LogP contribution in [-0.2, 0) is 14.4 Å². The van der Waals surface area contributed by atoms with Crippen LogP contribution < -0.4 is 20.7 Å². The van der Waals surface area contributed by atoms with Crippen molar-refractivity contribution in [3.05, 3.63) is 52.5 Å². The first-order valence-electron chi connectivity index (χ1n) is 9.30. The molecule has 3 amide bonds. The Morgan fingerprint density at radius 1 is 1.00 bits per heavy atom. The van der Waals surface area contributed by atoms with Gasteiger partial charge in [0.25, 0.3) is 5.91 Å². The SMILES string of the molecule is CC(=O)Nc1cccc(NC(=O)CSc2nnc(NC(=O)COc3ccc(Cl)cc3Cl)s2)c1. The van der Waals surface area contributed by atoms with Crippen LogP contribution >= 0.6 is 46.3 Å². The zero-order valence-electron chi connectivity index (χ0n) is 17.1. The van der Waals surface area contributed by atoms with Crippen LogP contribution in [0.25, 0.3) is 0 Å². The van der Waals surface area contributed by atoms with Gasteiger partial charge in [-0.15, -0.1) is 10.2 Å². The van der Waals surface area contributed by atoms with Gasteiger partial charge in [-0.3, -0.25) is 19.7 Å². The number of nitrogens with one attached hydrogen (secondary N) is 3. The lowest BCUT2D eigenvalue weighted by Gasteiger charge is -2.07. The number of halogens is 2. The van der Waals surface area contributed by atoms with E-state index in [-0.39, 0.29) is 29.3 Å². The van der Waals surface area contributed by atoms with E-state index in [0.717, 1.165) is 11.3 Å². The lowest BCUT2D eigenvalue weighted by molar-refractivity contribution is -0.118. The second-order valence-corrected chi connectivity index (χ2v) is 9.43. The van der Waals surface area contributed by atoms with E-state index in [4.69, 9.17) is 27.9 Å². The number of benzene rings is 2. The molecule has 1 aromatic heterocycles. The molecule has 9 nitrogen and oxygen atoms in total. The number of anilines is 3. The molecule has 0 fully saturated rings. The van der Waals surface area contributed by atoms with Crippen LogP contribution in [0.5, 0.6) is 5.75 Å². The fraction of sp³-hybridized carbons (Fsp3) is 0.150. The van der Waals surface area contributed by atoms with Gasteiger partial charge >= 0.3 is 0 Å². The van der Waals surface area contributed by atoms with Crippen LogP contribution in [0.3, 0.4) is 0 Å². The van der Waals surface area contributed by atoms with Crippen molar-refractivity contribution in [2.24, 2.45) is 0 Å². The van der Waals surface area contributed by atoms with Gasteiger partial charge in [0.1, 0.15) is 5.75 Å². The third-order valence-corrected chi connectivity index (χ3v) is 6.20. The molecule has 0 saturated carbocycles. The molecular weight excluding hydrogens is 509 g/mol. The van der Waals surface area contributed by atoms with E-state index in [2.05, 4.69) is 26.1 Å². The van der Waals surface area contributed by atoms with Crippen molar-refractivity contribution in [3.8, 4) is 5.75 Å². The van der Waals surface area contributed by atoms with Gasteiger partial charge in [-0.25, -0.2) is 0 Å².